The second-order valence-corrected chi connectivity index (χ2v) is 4.81. The molecule has 1 aromatic rings. The van der Waals surface area contributed by atoms with E-state index in [9.17, 15) is 4.39 Å². The molecule has 2 rings (SSSR count). The molecule has 2 unspecified atom stereocenters. The van der Waals surface area contributed by atoms with Crippen LogP contribution in [0.5, 0.6) is 0 Å². The summed E-state index contributed by atoms with van der Waals surface area (Å²) in [6.07, 6.45) is 3.57. The molecule has 1 aliphatic carbocycles. The topological polar surface area (TPSA) is 21.3 Å². The molecule has 4 heteroatoms. The molecule has 1 aromatic carbocycles. The summed E-state index contributed by atoms with van der Waals surface area (Å²) in [6, 6.07) is 5.41. The van der Waals surface area contributed by atoms with Crippen molar-refractivity contribution in [3.05, 3.63) is 34.6 Å². The third-order valence-electron chi connectivity index (χ3n) is 3.34. The summed E-state index contributed by atoms with van der Waals surface area (Å²) in [5.74, 6) is -0.325. The summed E-state index contributed by atoms with van der Waals surface area (Å²) in [7, 11) is 1.73. The van der Waals surface area contributed by atoms with E-state index in [-0.39, 0.29) is 16.9 Å². The molecule has 2 atom stereocenters. The Morgan fingerprint density at radius 2 is 2.29 bits per heavy atom. The van der Waals surface area contributed by atoms with Crippen LogP contribution in [0.2, 0.25) is 5.02 Å². The first-order valence-corrected chi connectivity index (χ1v) is 6.29. The smallest absolute Gasteiger partial charge is 0.146 e. The number of rotatable bonds is 4. The number of hydrogen-bond donors (Lipinski definition) is 1. The Labute approximate surface area is 106 Å². The van der Waals surface area contributed by atoms with Gasteiger partial charge in [0.15, 0.2) is 0 Å². The van der Waals surface area contributed by atoms with Gasteiger partial charge < -0.3 is 10.1 Å². The van der Waals surface area contributed by atoms with Crippen LogP contribution in [0.15, 0.2) is 18.2 Å². The first kappa shape index (κ1) is 12.8. The van der Waals surface area contributed by atoms with E-state index >= 15 is 0 Å². The zero-order chi connectivity index (χ0) is 12.3. The first-order chi connectivity index (χ1) is 8.22. The largest absolute Gasteiger partial charge is 0.380 e. The van der Waals surface area contributed by atoms with Crippen molar-refractivity contribution in [3.8, 4) is 0 Å². The first-order valence-electron chi connectivity index (χ1n) is 5.91. The average molecular weight is 258 g/mol. The van der Waals surface area contributed by atoms with E-state index in [1.54, 1.807) is 25.3 Å². The Morgan fingerprint density at radius 1 is 1.47 bits per heavy atom. The van der Waals surface area contributed by atoms with Crippen LogP contribution in [0, 0.1) is 5.82 Å². The molecule has 1 fully saturated rings. The van der Waals surface area contributed by atoms with Crippen LogP contribution in [0.1, 0.15) is 24.8 Å². The highest BCUT2D eigenvalue weighted by Crippen LogP contribution is 2.23. The third kappa shape index (κ3) is 2.97. The minimum Gasteiger partial charge on any atom is -0.380 e. The maximum absolute atomic E-state index is 13.7. The van der Waals surface area contributed by atoms with Crippen LogP contribution >= 0.6 is 11.6 Å². The fourth-order valence-corrected chi connectivity index (χ4v) is 2.56. The van der Waals surface area contributed by atoms with E-state index in [1.165, 1.54) is 0 Å². The molecular weight excluding hydrogens is 241 g/mol. The van der Waals surface area contributed by atoms with E-state index in [1.807, 2.05) is 0 Å². The van der Waals surface area contributed by atoms with E-state index < -0.39 is 0 Å². The number of ether oxygens (including phenoxy) is 1. The minimum absolute atomic E-state index is 0.180. The third-order valence-corrected chi connectivity index (χ3v) is 3.63. The molecular formula is C13H17ClFNO. The average Bonchev–Trinajstić information content (AvgIpc) is 2.78. The molecule has 0 aromatic heterocycles. The summed E-state index contributed by atoms with van der Waals surface area (Å²) in [6.45, 7) is 0.497. The lowest BCUT2D eigenvalue weighted by atomic mass is 10.1. The van der Waals surface area contributed by atoms with Gasteiger partial charge in [0.1, 0.15) is 5.82 Å². The highest BCUT2D eigenvalue weighted by atomic mass is 35.5. The Balaban J connectivity index is 1.95. The molecule has 0 saturated heterocycles. The van der Waals surface area contributed by atoms with Crippen molar-refractivity contribution in [1.29, 1.82) is 0 Å². The summed E-state index contributed by atoms with van der Waals surface area (Å²) >= 11 is 5.74. The van der Waals surface area contributed by atoms with Crippen LogP contribution < -0.4 is 5.32 Å². The van der Waals surface area contributed by atoms with Crippen LogP contribution in [0.3, 0.4) is 0 Å². The minimum atomic E-state index is -0.325. The van der Waals surface area contributed by atoms with Crippen molar-refractivity contribution in [2.45, 2.75) is 38.0 Å². The fourth-order valence-electron chi connectivity index (χ4n) is 2.37. The Bertz CT molecular complexity index is 386. The molecule has 1 saturated carbocycles. The Morgan fingerprint density at radius 3 is 3.06 bits per heavy atom. The van der Waals surface area contributed by atoms with Gasteiger partial charge in [-0.05, 0) is 25.3 Å². The predicted molar refractivity (Wildman–Crippen MR) is 66.7 cm³/mol. The van der Waals surface area contributed by atoms with Crippen molar-refractivity contribution in [3.63, 3.8) is 0 Å². The fraction of sp³-hybridized carbons (Fsp3) is 0.538. The molecule has 0 radical (unpaired) electrons. The van der Waals surface area contributed by atoms with Crippen LogP contribution in [0.4, 0.5) is 4.39 Å². The van der Waals surface area contributed by atoms with Gasteiger partial charge in [0, 0.05) is 25.3 Å². The molecule has 0 spiro atoms. The lowest BCUT2D eigenvalue weighted by molar-refractivity contribution is 0.0846. The molecule has 0 aliphatic heterocycles. The van der Waals surface area contributed by atoms with Gasteiger partial charge in [0.05, 0.1) is 11.1 Å². The number of hydrogen-bond acceptors (Lipinski definition) is 2. The molecule has 0 heterocycles. The van der Waals surface area contributed by atoms with E-state index in [0.717, 1.165) is 19.3 Å². The number of benzene rings is 1. The van der Waals surface area contributed by atoms with Gasteiger partial charge in [-0.3, -0.25) is 0 Å². The summed E-state index contributed by atoms with van der Waals surface area (Å²) < 4.78 is 19.0. The van der Waals surface area contributed by atoms with Crippen molar-refractivity contribution in [2.24, 2.45) is 0 Å². The summed E-state index contributed by atoms with van der Waals surface area (Å²) in [5, 5.41) is 3.52. The highest BCUT2D eigenvalue weighted by Gasteiger charge is 2.26. The van der Waals surface area contributed by atoms with Gasteiger partial charge in [-0.15, -0.1) is 0 Å². The van der Waals surface area contributed by atoms with E-state index in [0.29, 0.717) is 18.2 Å². The van der Waals surface area contributed by atoms with Crippen molar-refractivity contribution in [1.82, 2.24) is 5.32 Å². The molecule has 94 valence electrons. The predicted octanol–water partition coefficient (Wildman–Crippen LogP) is 3.14. The van der Waals surface area contributed by atoms with Gasteiger partial charge in [-0.1, -0.05) is 23.7 Å². The van der Waals surface area contributed by atoms with Crippen molar-refractivity contribution in [2.75, 3.05) is 7.11 Å². The zero-order valence-corrected chi connectivity index (χ0v) is 10.6. The molecule has 17 heavy (non-hydrogen) atoms. The normalized spacial score (nSPS) is 24.2. The zero-order valence-electron chi connectivity index (χ0n) is 9.88. The van der Waals surface area contributed by atoms with Gasteiger partial charge in [0.25, 0.3) is 0 Å². The van der Waals surface area contributed by atoms with Crippen LogP contribution in [-0.2, 0) is 11.3 Å². The lowest BCUT2D eigenvalue weighted by Crippen LogP contribution is -2.36. The van der Waals surface area contributed by atoms with E-state index in [2.05, 4.69) is 5.32 Å². The molecule has 0 amide bonds. The summed E-state index contributed by atoms with van der Waals surface area (Å²) in [4.78, 5) is 0. The van der Waals surface area contributed by atoms with Gasteiger partial charge >= 0.3 is 0 Å². The number of nitrogens with one attached hydrogen (secondary N) is 1. The second-order valence-electron chi connectivity index (χ2n) is 4.41. The molecule has 1 N–H and O–H groups in total. The van der Waals surface area contributed by atoms with Crippen LogP contribution in [0.25, 0.3) is 0 Å². The van der Waals surface area contributed by atoms with Crippen molar-refractivity contribution >= 4 is 11.6 Å². The Kier molecular flexibility index (Phi) is 4.37. The van der Waals surface area contributed by atoms with Crippen molar-refractivity contribution < 1.29 is 9.13 Å². The van der Waals surface area contributed by atoms with Gasteiger partial charge in [-0.2, -0.15) is 0 Å². The maximum atomic E-state index is 13.7. The second kappa shape index (κ2) is 5.80. The number of methoxy groups -OCH3 is 1. The highest BCUT2D eigenvalue weighted by molar-refractivity contribution is 6.30. The monoisotopic (exact) mass is 257 g/mol. The molecule has 1 aliphatic rings. The Hall–Kier alpha value is -0.640. The standard InChI is InChI=1S/C13H17ClFNO/c1-17-12-7-3-6-11(12)16-8-9-4-2-5-10(14)13(9)15/h2,4-5,11-12,16H,3,6-8H2,1H3. The SMILES string of the molecule is COC1CCCC1NCc1cccc(Cl)c1F. The molecule has 0 bridgehead atoms. The quantitative estimate of drug-likeness (QED) is 0.895. The van der Waals surface area contributed by atoms with Crippen LogP contribution in [-0.4, -0.2) is 19.3 Å². The van der Waals surface area contributed by atoms with Gasteiger partial charge in [0.2, 0.25) is 0 Å². The summed E-state index contributed by atoms with van der Waals surface area (Å²) in [5.41, 5.74) is 0.610. The lowest BCUT2D eigenvalue weighted by Gasteiger charge is -2.19. The maximum Gasteiger partial charge on any atom is 0.146 e. The van der Waals surface area contributed by atoms with Gasteiger partial charge in [-0.25, -0.2) is 4.39 Å². The molecule has 2 nitrogen and oxygen atoms in total. The number of halogens is 2. The van der Waals surface area contributed by atoms with E-state index in [4.69, 9.17) is 16.3 Å².